The van der Waals surface area contributed by atoms with Gasteiger partial charge in [0.1, 0.15) is 5.75 Å². The van der Waals surface area contributed by atoms with Crippen LogP contribution < -0.4 is 15.4 Å². The van der Waals surface area contributed by atoms with Crippen molar-refractivity contribution in [2.45, 2.75) is 19.4 Å². The van der Waals surface area contributed by atoms with Crippen molar-refractivity contribution in [1.29, 1.82) is 0 Å². The number of para-hydroxylation sites is 2. The van der Waals surface area contributed by atoms with Crippen LogP contribution in [0.1, 0.15) is 12.5 Å². The number of aryl methyl sites for hydroxylation is 2. The molecule has 0 bridgehead atoms. The number of carbonyl (C=O) groups excluding carboxylic acids is 2. The molecule has 2 N–H and O–H groups in total. The second-order valence-corrected chi connectivity index (χ2v) is 6.53. The van der Waals surface area contributed by atoms with Crippen molar-refractivity contribution >= 4 is 34.5 Å². The predicted octanol–water partition coefficient (Wildman–Crippen LogP) is 2.61. The lowest BCUT2D eigenvalue weighted by molar-refractivity contribution is -0.143. The van der Waals surface area contributed by atoms with Crippen molar-refractivity contribution in [3.05, 3.63) is 48.0 Å². The van der Waals surface area contributed by atoms with Crippen molar-refractivity contribution in [3.63, 3.8) is 0 Å². The highest BCUT2D eigenvalue weighted by Crippen LogP contribution is 2.35. The largest absolute Gasteiger partial charge is 0.466 e. The molecular formula is C19H18N4O3. The van der Waals surface area contributed by atoms with E-state index in [1.807, 2.05) is 37.3 Å². The van der Waals surface area contributed by atoms with Crippen molar-refractivity contribution in [2.24, 2.45) is 7.05 Å². The first kappa shape index (κ1) is 16.1. The number of rotatable bonds is 2. The second-order valence-electron chi connectivity index (χ2n) is 6.53. The third-order valence-corrected chi connectivity index (χ3v) is 4.58. The van der Waals surface area contributed by atoms with E-state index >= 15 is 0 Å². The Morgan fingerprint density at radius 1 is 1.27 bits per heavy atom. The predicted molar refractivity (Wildman–Crippen MR) is 98.2 cm³/mol. The smallest absolute Gasteiger partial charge is 0.280 e. The molecule has 0 saturated carbocycles. The normalized spacial score (nSPS) is 18.8. The highest BCUT2D eigenvalue weighted by Gasteiger charge is 2.47. The molecule has 1 aliphatic rings. The first-order valence-corrected chi connectivity index (χ1v) is 8.22. The van der Waals surface area contributed by atoms with E-state index in [-0.39, 0.29) is 0 Å². The lowest BCUT2D eigenvalue weighted by atomic mass is 10.0. The minimum atomic E-state index is -1.69. The van der Waals surface area contributed by atoms with Crippen molar-refractivity contribution in [3.8, 4) is 5.75 Å². The minimum Gasteiger partial charge on any atom is -0.466 e. The molecular weight excluding hydrogens is 332 g/mol. The van der Waals surface area contributed by atoms with Gasteiger partial charge in [-0.3, -0.25) is 14.9 Å². The summed E-state index contributed by atoms with van der Waals surface area (Å²) < 4.78 is 7.53. The molecule has 4 rings (SSSR count). The van der Waals surface area contributed by atoms with E-state index in [9.17, 15) is 9.59 Å². The van der Waals surface area contributed by atoms with E-state index < -0.39 is 17.4 Å². The molecule has 132 valence electrons. The molecule has 7 nitrogen and oxygen atoms in total. The number of benzene rings is 2. The molecule has 1 aromatic heterocycles. The van der Waals surface area contributed by atoms with Gasteiger partial charge in [0, 0.05) is 7.05 Å². The van der Waals surface area contributed by atoms with E-state index in [0.29, 0.717) is 17.4 Å². The second kappa shape index (κ2) is 5.59. The lowest BCUT2D eigenvalue weighted by Gasteiger charge is -2.33. The van der Waals surface area contributed by atoms with Gasteiger partial charge in [-0.05, 0) is 43.7 Å². The van der Waals surface area contributed by atoms with Gasteiger partial charge in [-0.25, -0.2) is 4.98 Å². The molecule has 1 unspecified atom stereocenters. The topological polar surface area (TPSA) is 85.3 Å². The highest BCUT2D eigenvalue weighted by molar-refractivity contribution is 6.18. The Hall–Kier alpha value is -3.35. The van der Waals surface area contributed by atoms with Gasteiger partial charge in [0.25, 0.3) is 17.4 Å². The number of hydrogen-bond acceptors (Lipinski definition) is 4. The Kier molecular flexibility index (Phi) is 3.47. The summed E-state index contributed by atoms with van der Waals surface area (Å²) in [4.78, 5) is 29.8. The molecule has 26 heavy (non-hydrogen) atoms. The fourth-order valence-corrected chi connectivity index (χ4v) is 2.97. The molecule has 7 heteroatoms. The maximum Gasteiger partial charge on any atom is 0.280 e. The third-order valence-electron chi connectivity index (χ3n) is 4.58. The van der Waals surface area contributed by atoms with Gasteiger partial charge in [0.2, 0.25) is 5.95 Å². The van der Waals surface area contributed by atoms with E-state index in [1.165, 1.54) is 6.92 Å². The van der Waals surface area contributed by atoms with Crippen LogP contribution in [0, 0.1) is 6.92 Å². The van der Waals surface area contributed by atoms with E-state index in [1.54, 1.807) is 23.7 Å². The standard InChI is InChI=1S/C19H18N4O3/c1-11-8-9-15-13(10-11)20-16(24)19(2,26-15)17(25)22-18-21-12-6-4-5-7-14(12)23(18)3/h4-10H,1-3H3,(H,20,24)(H,21,22,25). The number of ether oxygens (including phenoxy) is 1. The Morgan fingerprint density at radius 3 is 2.81 bits per heavy atom. The average molecular weight is 350 g/mol. The van der Waals surface area contributed by atoms with Gasteiger partial charge in [-0.1, -0.05) is 18.2 Å². The molecule has 0 aliphatic carbocycles. The maximum atomic E-state index is 12.9. The van der Waals surface area contributed by atoms with Crippen LogP contribution in [0.15, 0.2) is 42.5 Å². The summed E-state index contributed by atoms with van der Waals surface area (Å²) in [5.74, 6) is -0.298. The number of anilines is 2. The van der Waals surface area contributed by atoms with Crippen LogP contribution in [0.5, 0.6) is 5.75 Å². The fourth-order valence-electron chi connectivity index (χ4n) is 2.97. The van der Waals surface area contributed by atoms with Crippen LogP contribution in [0.2, 0.25) is 0 Å². The molecule has 0 fully saturated rings. The van der Waals surface area contributed by atoms with Crippen molar-refractivity contribution < 1.29 is 14.3 Å². The molecule has 2 heterocycles. The molecule has 3 aromatic rings. The van der Waals surface area contributed by atoms with E-state index in [2.05, 4.69) is 15.6 Å². The molecule has 0 saturated heterocycles. The molecule has 1 atom stereocenters. The van der Waals surface area contributed by atoms with Crippen molar-refractivity contribution in [1.82, 2.24) is 9.55 Å². The zero-order valence-electron chi connectivity index (χ0n) is 14.7. The number of fused-ring (bicyclic) bond motifs is 2. The molecule has 2 aromatic carbocycles. The number of hydrogen-bond donors (Lipinski definition) is 2. The monoisotopic (exact) mass is 350 g/mol. The number of nitrogens with zero attached hydrogens (tertiary/aromatic N) is 2. The third kappa shape index (κ3) is 2.40. The first-order chi connectivity index (χ1) is 12.4. The Labute approximate surface area is 150 Å². The summed E-state index contributed by atoms with van der Waals surface area (Å²) in [5, 5.41) is 5.46. The lowest BCUT2D eigenvalue weighted by Crippen LogP contribution is -2.56. The number of nitrogens with one attached hydrogen (secondary N) is 2. The number of aromatic nitrogens is 2. The SMILES string of the molecule is Cc1ccc2c(c1)NC(=O)C(C)(C(=O)Nc1nc3ccccc3n1C)O2. The quantitative estimate of drug-likeness (QED) is 0.696. The van der Waals surface area contributed by atoms with Gasteiger partial charge in [-0.15, -0.1) is 0 Å². The number of amides is 2. The Morgan fingerprint density at radius 2 is 2.04 bits per heavy atom. The zero-order valence-corrected chi connectivity index (χ0v) is 14.7. The highest BCUT2D eigenvalue weighted by atomic mass is 16.5. The van der Waals surface area contributed by atoms with Crippen LogP contribution in [-0.2, 0) is 16.6 Å². The van der Waals surface area contributed by atoms with Gasteiger partial charge in [0.15, 0.2) is 0 Å². The molecule has 1 aliphatic heterocycles. The summed E-state index contributed by atoms with van der Waals surface area (Å²) in [6.07, 6.45) is 0. The molecule has 0 radical (unpaired) electrons. The summed E-state index contributed by atoms with van der Waals surface area (Å²) in [5.41, 5.74) is 1.48. The fraction of sp³-hybridized carbons (Fsp3) is 0.211. The zero-order chi connectivity index (χ0) is 18.5. The summed E-state index contributed by atoms with van der Waals surface area (Å²) in [6, 6.07) is 12.9. The van der Waals surface area contributed by atoms with Crippen LogP contribution >= 0.6 is 0 Å². The van der Waals surface area contributed by atoms with Gasteiger partial charge in [-0.2, -0.15) is 0 Å². The van der Waals surface area contributed by atoms with Crippen molar-refractivity contribution in [2.75, 3.05) is 10.6 Å². The van der Waals surface area contributed by atoms with E-state index in [4.69, 9.17) is 4.74 Å². The van der Waals surface area contributed by atoms with Gasteiger partial charge in [0.05, 0.1) is 16.7 Å². The molecule has 0 spiro atoms. The number of imidazole rings is 1. The first-order valence-electron chi connectivity index (χ1n) is 8.22. The Bertz CT molecular complexity index is 1060. The van der Waals surface area contributed by atoms with Crippen LogP contribution in [0.25, 0.3) is 11.0 Å². The summed E-state index contributed by atoms with van der Waals surface area (Å²) in [6.45, 7) is 3.36. The average Bonchev–Trinajstić information content (AvgIpc) is 2.92. The summed E-state index contributed by atoms with van der Waals surface area (Å²) in [7, 11) is 1.80. The van der Waals surface area contributed by atoms with E-state index in [0.717, 1.165) is 16.6 Å². The minimum absolute atomic E-state index is 0.350. The molecule has 2 amide bonds. The Balaban J connectivity index is 1.65. The van der Waals surface area contributed by atoms with Gasteiger partial charge >= 0.3 is 0 Å². The number of carbonyl (C=O) groups is 2. The maximum absolute atomic E-state index is 12.9. The summed E-state index contributed by atoms with van der Waals surface area (Å²) >= 11 is 0. The van der Waals surface area contributed by atoms with Gasteiger partial charge < -0.3 is 14.6 Å². The van der Waals surface area contributed by atoms with Crippen LogP contribution in [0.4, 0.5) is 11.6 Å². The van der Waals surface area contributed by atoms with Crippen LogP contribution in [0.3, 0.4) is 0 Å². The van der Waals surface area contributed by atoms with Crippen LogP contribution in [-0.4, -0.2) is 27.0 Å².